The Balaban J connectivity index is 2.48. The summed E-state index contributed by atoms with van der Waals surface area (Å²) in [7, 11) is 0. The summed E-state index contributed by atoms with van der Waals surface area (Å²) in [6, 6.07) is 0. The molecule has 1 amide bonds. The number of aliphatic hydroxyl groups is 2. The maximum atomic E-state index is 12.3. The van der Waals surface area contributed by atoms with Gasteiger partial charge in [-0.05, 0) is 31.6 Å². The van der Waals surface area contributed by atoms with E-state index in [1.165, 1.54) is 0 Å². The van der Waals surface area contributed by atoms with Crippen LogP contribution in [0.4, 0.5) is 0 Å². The molecule has 0 aliphatic carbocycles. The molecule has 0 saturated carbocycles. The van der Waals surface area contributed by atoms with Crippen molar-refractivity contribution in [3.8, 4) is 0 Å². The predicted molar refractivity (Wildman–Crippen MR) is 75.8 cm³/mol. The van der Waals surface area contributed by atoms with Crippen molar-refractivity contribution < 1.29 is 15.0 Å². The molecule has 0 atom stereocenters. The summed E-state index contributed by atoms with van der Waals surface area (Å²) in [5, 5.41) is 19.6. The third-order valence-corrected chi connectivity index (χ3v) is 4.14. The van der Waals surface area contributed by atoms with Crippen LogP contribution in [0.1, 0.15) is 58.8 Å². The van der Waals surface area contributed by atoms with Gasteiger partial charge in [0.05, 0.1) is 12.0 Å². The molecule has 1 aliphatic rings. The van der Waals surface area contributed by atoms with Crippen LogP contribution in [0.25, 0.3) is 0 Å². The van der Waals surface area contributed by atoms with Gasteiger partial charge >= 0.3 is 0 Å². The highest BCUT2D eigenvalue weighted by Gasteiger charge is 2.31. The lowest BCUT2D eigenvalue weighted by Gasteiger charge is -2.34. The molecule has 0 radical (unpaired) electrons. The zero-order valence-corrected chi connectivity index (χ0v) is 12.4. The molecule has 0 spiro atoms. The highest BCUT2D eigenvalue weighted by molar-refractivity contribution is 5.77. The Hall–Kier alpha value is -0.610. The normalized spacial score (nSPS) is 17.8. The van der Waals surface area contributed by atoms with Crippen molar-refractivity contribution in [2.24, 2.45) is 5.92 Å². The summed E-state index contributed by atoms with van der Waals surface area (Å²) in [4.78, 5) is 14.1. The van der Waals surface area contributed by atoms with Gasteiger partial charge in [0.15, 0.2) is 0 Å². The van der Waals surface area contributed by atoms with Gasteiger partial charge < -0.3 is 15.1 Å². The van der Waals surface area contributed by atoms with Gasteiger partial charge in [0, 0.05) is 19.7 Å². The minimum absolute atomic E-state index is 0.0702. The van der Waals surface area contributed by atoms with E-state index in [1.54, 1.807) is 0 Å². The standard InChI is InChI=1S/C15H29NO3/c1-3-7-15(19,8-4-2)11-14(18)16-9-5-13(12-17)6-10-16/h13,17,19H,3-12H2,1-2H3. The van der Waals surface area contributed by atoms with Crippen LogP contribution >= 0.6 is 0 Å². The lowest BCUT2D eigenvalue weighted by Crippen LogP contribution is -2.43. The fraction of sp³-hybridized carbons (Fsp3) is 0.933. The molecule has 1 fully saturated rings. The monoisotopic (exact) mass is 271 g/mol. The van der Waals surface area contributed by atoms with E-state index in [2.05, 4.69) is 0 Å². The van der Waals surface area contributed by atoms with E-state index < -0.39 is 5.60 Å². The third-order valence-electron chi connectivity index (χ3n) is 4.14. The van der Waals surface area contributed by atoms with E-state index in [-0.39, 0.29) is 18.9 Å². The van der Waals surface area contributed by atoms with Crippen molar-refractivity contribution >= 4 is 5.91 Å². The summed E-state index contributed by atoms with van der Waals surface area (Å²) in [5.41, 5.74) is -0.825. The molecule has 0 aromatic heterocycles. The van der Waals surface area contributed by atoms with Crippen LogP contribution < -0.4 is 0 Å². The Morgan fingerprint density at radius 2 is 1.74 bits per heavy atom. The number of aliphatic hydroxyl groups excluding tert-OH is 1. The quantitative estimate of drug-likeness (QED) is 0.744. The fourth-order valence-corrected chi connectivity index (χ4v) is 2.99. The molecular weight excluding hydrogens is 242 g/mol. The van der Waals surface area contributed by atoms with E-state index >= 15 is 0 Å². The molecule has 0 aromatic rings. The van der Waals surface area contributed by atoms with Crippen molar-refractivity contribution in [1.29, 1.82) is 0 Å². The largest absolute Gasteiger partial charge is 0.396 e. The molecule has 1 saturated heterocycles. The van der Waals surface area contributed by atoms with Gasteiger partial charge in [-0.1, -0.05) is 26.7 Å². The van der Waals surface area contributed by atoms with Gasteiger partial charge in [-0.15, -0.1) is 0 Å². The van der Waals surface area contributed by atoms with E-state index in [9.17, 15) is 9.90 Å². The second-order valence-corrected chi connectivity index (χ2v) is 5.91. The molecule has 1 rings (SSSR count). The van der Waals surface area contributed by atoms with Gasteiger partial charge in [0.1, 0.15) is 0 Å². The van der Waals surface area contributed by atoms with Gasteiger partial charge in [-0.25, -0.2) is 0 Å². The number of nitrogens with zero attached hydrogens (tertiary/aromatic N) is 1. The van der Waals surface area contributed by atoms with Crippen molar-refractivity contribution in [3.63, 3.8) is 0 Å². The SMILES string of the molecule is CCCC(O)(CCC)CC(=O)N1CCC(CO)CC1. The van der Waals surface area contributed by atoms with Crippen LogP contribution in [0.2, 0.25) is 0 Å². The Morgan fingerprint density at radius 1 is 1.21 bits per heavy atom. The maximum absolute atomic E-state index is 12.3. The third kappa shape index (κ3) is 5.11. The molecule has 19 heavy (non-hydrogen) atoms. The van der Waals surface area contributed by atoms with Gasteiger partial charge in [-0.2, -0.15) is 0 Å². The van der Waals surface area contributed by atoms with Crippen LogP contribution in [0.15, 0.2) is 0 Å². The van der Waals surface area contributed by atoms with E-state index in [4.69, 9.17) is 5.11 Å². The molecule has 2 N–H and O–H groups in total. The van der Waals surface area contributed by atoms with Gasteiger partial charge in [0.2, 0.25) is 5.91 Å². The second-order valence-electron chi connectivity index (χ2n) is 5.91. The number of piperidine rings is 1. The average Bonchev–Trinajstić information content (AvgIpc) is 2.39. The Kier molecular flexibility index (Phi) is 6.80. The van der Waals surface area contributed by atoms with Crippen LogP contribution in [0, 0.1) is 5.92 Å². The van der Waals surface area contributed by atoms with Crippen molar-refractivity contribution in [3.05, 3.63) is 0 Å². The number of rotatable bonds is 7. The summed E-state index contributed by atoms with van der Waals surface area (Å²) < 4.78 is 0. The molecule has 0 bridgehead atoms. The lowest BCUT2D eigenvalue weighted by atomic mass is 9.88. The minimum Gasteiger partial charge on any atom is -0.396 e. The number of likely N-dealkylation sites (tertiary alicyclic amines) is 1. The molecule has 4 heteroatoms. The molecule has 1 heterocycles. The van der Waals surface area contributed by atoms with E-state index in [0.29, 0.717) is 18.8 Å². The maximum Gasteiger partial charge on any atom is 0.225 e. The van der Waals surface area contributed by atoms with E-state index in [1.807, 2.05) is 18.7 Å². The topological polar surface area (TPSA) is 60.8 Å². The zero-order valence-electron chi connectivity index (χ0n) is 12.4. The van der Waals surface area contributed by atoms with Crippen LogP contribution in [-0.4, -0.2) is 46.3 Å². The molecule has 0 aromatic carbocycles. The van der Waals surface area contributed by atoms with Gasteiger partial charge in [0.25, 0.3) is 0 Å². The van der Waals surface area contributed by atoms with Crippen molar-refractivity contribution in [1.82, 2.24) is 4.90 Å². The van der Waals surface area contributed by atoms with Gasteiger partial charge in [-0.3, -0.25) is 4.79 Å². The summed E-state index contributed by atoms with van der Waals surface area (Å²) in [6.45, 7) is 5.74. The Bertz CT molecular complexity index is 267. The van der Waals surface area contributed by atoms with Crippen LogP contribution in [0.3, 0.4) is 0 Å². The van der Waals surface area contributed by atoms with Crippen LogP contribution in [-0.2, 0) is 4.79 Å². The minimum atomic E-state index is -0.825. The summed E-state index contributed by atoms with van der Waals surface area (Å²) in [6.07, 6.45) is 5.19. The Morgan fingerprint density at radius 3 is 2.16 bits per heavy atom. The van der Waals surface area contributed by atoms with E-state index in [0.717, 1.165) is 38.8 Å². The molecular formula is C15H29NO3. The molecule has 112 valence electrons. The number of carbonyl (C=O) groups excluding carboxylic acids is 1. The first-order valence-corrected chi connectivity index (χ1v) is 7.65. The first kappa shape index (κ1) is 16.4. The molecule has 1 aliphatic heterocycles. The second kappa shape index (κ2) is 7.85. The number of amides is 1. The smallest absolute Gasteiger partial charge is 0.225 e. The summed E-state index contributed by atoms with van der Waals surface area (Å²) >= 11 is 0. The average molecular weight is 271 g/mol. The van der Waals surface area contributed by atoms with Crippen molar-refractivity contribution in [2.75, 3.05) is 19.7 Å². The highest BCUT2D eigenvalue weighted by Crippen LogP contribution is 2.26. The number of hydrogen-bond donors (Lipinski definition) is 2. The Labute approximate surface area is 116 Å². The first-order valence-electron chi connectivity index (χ1n) is 7.65. The van der Waals surface area contributed by atoms with Crippen molar-refractivity contribution in [2.45, 2.75) is 64.4 Å². The molecule has 4 nitrogen and oxygen atoms in total. The lowest BCUT2D eigenvalue weighted by molar-refractivity contribution is -0.138. The first-order chi connectivity index (χ1) is 9.04. The number of carbonyl (C=O) groups is 1. The fourth-order valence-electron chi connectivity index (χ4n) is 2.99. The predicted octanol–water partition coefficient (Wildman–Crippen LogP) is 1.94. The summed E-state index contributed by atoms with van der Waals surface area (Å²) in [5.74, 6) is 0.412. The van der Waals surface area contributed by atoms with Crippen LogP contribution in [0.5, 0.6) is 0 Å². The highest BCUT2D eigenvalue weighted by atomic mass is 16.3. The number of hydrogen-bond acceptors (Lipinski definition) is 3. The molecule has 0 unspecified atom stereocenters. The zero-order chi connectivity index (χ0) is 14.3.